The lowest BCUT2D eigenvalue weighted by molar-refractivity contribution is -0.135. The van der Waals surface area contributed by atoms with Gasteiger partial charge in [0.15, 0.2) is 0 Å². The number of nitrogens with zero attached hydrogens (tertiary/aromatic N) is 2. The van der Waals surface area contributed by atoms with Gasteiger partial charge in [0.25, 0.3) is 0 Å². The number of hydrogen-bond acceptors (Lipinski definition) is 4. The third-order valence-corrected chi connectivity index (χ3v) is 3.41. The minimum Gasteiger partial charge on any atom is -0.392 e. The lowest BCUT2D eigenvalue weighted by Gasteiger charge is -2.30. The van der Waals surface area contributed by atoms with E-state index in [0.717, 1.165) is 5.69 Å². The van der Waals surface area contributed by atoms with Crippen molar-refractivity contribution in [2.45, 2.75) is 26.9 Å². The van der Waals surface area contributed by atoms with Crippen LogP contribution in [0.5, 0.6) is 0 Å². The molecule has 5 nitrogen and oxygen atoms in total. The van der Waals surface area contributed by atoms with E-state index in [1.165, 1.54) is 0 Å². The van der Waals surface area contributed by atoms with Gasteiger partial charge in [-0.1, -0.05) is 18.2 Å². The molecule has 1 fully saturated rings. The van der Waals surface area contributed by atoms with Crippen molar-refractivity contribution in [1.29, 1.82) is 0 Å². The maximum atomic E-state index is 12.5. The monoisotopic (exact) mass is 277 g/mol. The Balaban J connectivity index is 2.14. The minimum atomic E-state index is -0.425. The molecule has 0 radical (unpaired) electrons. The Morgan fingerprint density at radius 2 is 2.00 bits per heavy atom. The standard InChI is InChI=1S/C15H23N3O2/c1-12(19)9-16-11-18-14(20)15(2,3)10-17(18)13-7-5-4-6-8-13/h4-8,12,16,19H,9-11H2,1-3H3. The molecule has 1 aliphatic heterocycles. The molecule has 1 aliphatic rings. The Labute approximate surface area is 120 Å². The fourth-order valence-corrected chi connectivity index (χ4v) is 2.35. The van der Waals surface area contributed by atoms with Crippen LogP contribution in [0.3, 0.4) is 0 Å². The maximum Gasteiger partial charge on any atom is 0.249 e. The fraction of sp³-hybridized carbons (Fsp3) is 0.533. The highest BCUT2D eigenvalue weighted by molar-refractivity contribution is 5.87. The first-order valence-electron chi connectivity index (χ1n) is 6.95. The molecular formula is C15H23N3O2. The molecule has 0 saturated carbocycles. The van der Waals surface area contributed by atoms with E-state index in [2.05, 4.69) is 5.32 Å². The fourth-order valence-electron chi connectivity index (χ4n) is 2.35. The van der Waals surface area contributed by atoms with Crippen LogP contribution in [0.25, 0.3) is 0 Å². The molecule has 1 saturated heterocycles. The van der Waals surface area contributed by atoms with E-state index in [1.54, 1.807) is 11.9 Å². The van der Waals surface area contributed by atoms with E-state index in [1.807, 2.05) is 49.2 Å². The van der Waals surface area contributed by atoms with E-state index >= 15 is 0 Å². The molecule has 1 aromatic rings. The molecule has 1 atom stereocenters. The number of rotatable bonds is 5. The van der Waals surface area contributed by atoms with Gasteiger partial charge in [-0.2, -0.15) is 0 Å². The first-order valence-corrected chi connectivity index (χ1v) is 6.95. The van der Waals surface area contributed by atoms with Gasteiger partial charge < -0.3 is 5.11 Å². The highest BCUT2D eigenvalue weighted by Crippen LogP contribution is 2.32. The molecule has 20 heavy (non-hydrogen) atoms. The summed E-state index contributed by atoms with van der Waals surface area (Å²) in [6.45, 7) is 7.17. The van der Waals surface area contributed by atoms with Crippen molar-refractivity contribution < 1.29 is 9.90 Å². The van der Waals surface area contributed by atoms with E-state index < -0.39 is 11.5 Å². The van der Waals surface area contributed by atoms with Gasteiger partial charge in [-0.25, -0.2) is 5.01 Å². The summed E-state index contributed by atoms with van der Waals surface area (Å²) in [7, 11) is 0. The van der Waals surface area contributed by atoms with Crippen molar-refractivity contribution >= 4 is 11.6 Å². The van der Waals surface area contributed by atoms with Crippen LogP contribution in [0.15, 0.2) is 30.3 Å². The smallest absolute Gasteiger partial charge is 0.249 e. The molecule has 2 rings (SSSR count). The number of anilines is 1. The Bertz CT molecular complexity index is 459. The largest absolute Gasteiger partial charge is 0.392 e. The average Bonchev–Trinajstić information content (AvgIpc) is 2.63. The SMILES string of the molecule is CC(O)CNCN1C(=O)C(C)(C)CN1c1ccccc1. The van der Waals surface area contributed by atoms with Crippen LogP contribution in [0.2, 0.25) is 0 Å². The van der Waals surface area contributed by atoms with E-state index in [-0.39, 0.29) is 5.91 Å². The van der Waals surface area contributed by atoms with E-state index in [4.69, 9.17) is 0 Å². The normalized spacial score (nSPS) is 19.5. The number of para-hydroxylation sites is 1. The van der Waals surface area contributed by atoms with Gasteiger partial charge in [-0.15, -0.1) is 0 Å². The second kappa shape index (κ2) is 5.81. The number of carbonyl (C=O) groups is 1. The van der Waals surface area contributed by atoms with E-state index in [9.17, 15) is 9.90 Å². The predicted molar refractivity (Wildman–Crippen MR) is 79.0 cm³/mol. The molecule has 1 amide bonds. The number of hydrogen-bond donors (Lipinski definition) is 2. The first-order chi connectivity index (χ1) is 9.42. The third-order valence-electron chi connectivity index (χ3n) is 3.41. The highest BCUT2D eigenvalue weighted by atomic mass is 16.3. The summed E-state index contributed by atoms with van der Waals surface area (Å²) < 4.78 is 0. The summed E-state index contributed by atoms with van der Waals surface area (Å²) >= 11 is 0. The maximum absolute atomic E-state index is 12.5. The van der Waals surface area contributed by atoms with Crippen LogP contribution >= 0.6 is 0 Å². The summed E-state index contributed by atoms with van der Waals surface area (Å²) in [6.07, 6.45) is -0.425. The molecule has 110 valence electrons. The second-order valence-corrected chi connectivity index (χ2v) is 5.94. The van der Waals surface area contributed by atoms with Crippen LogP contribution in [0, 0.1) is 5.41 Å². The van der Waals surface area contributed by atoms with E-state index in [0.29, 0.717) is 19.8 Å². The van der Waals surface area contributed by atoms with Crippen LogP contribution < -0.4 is 10.3 Å². The summed E-state index contributed by atoms with van der Waals surface area (Å²) in [4.78, 5) is 12.5. The Morgan fingerprint density at radius 1 is 1.35 bits per heavy atom. The van der Waals surface area contributed by atoms with Crippen LogP contribution in [-0.4, -0.2) is 41.9 Å². The van der Waals surface area contributed by atoms with Gasteiger partial charge >= 0.3 is 0 Å². The van der Waals surface area contributed by atoms with Crippen molar-refractivity contribution in [3.05, 3.63) is 30.3 Å². The Morgan fingerprint density at radius 3 is 2.60 bits per heavy atom. The molecule has 0 spiro atoms. The zero-order valence-corrected chi connectivity index (χ0v) is 12.3. The number of nitrogens with one attached hydrogen (secondary N) is 1. The molecule has 1 heterocycles. The minimum absolute atomic E-state index is 0.0967. The molecule has 1 unspecified atom stereocenters. The van der Waals surface area contributed by atoms with Gasteiger partial charge in [0, 0.05) is 6.54 Å². The first kappa shape index (κ1) is 14.8. The summed E-state index contributed by atoms with van der Waals surface area (Å²) in [6, 6.07) is 9.88. The Kier molecular flexibility index (Phi) is 4.30. The third kappa shape index (κ3) is 3.11. The lowest BCUT2D eigenvalue weighted by Crippen LogP contribution is -2.46. The molecule has 0 aromatic heterocycles. The van der Waals surface area contributed by atoms with Crippen LogP contribution in [0.1, 0.15) is 20.8 Å². The molecule has 0 aliphatic carbocycles. The average molecular weight is 277 g/mol. The van der Waals surface area contributed by atoms with Gasteiger partial charge in [0.2, 0.25) is 5.91 Å². The number of hydrazine groups is 1. The summed E-state index contributed by atoms with van der Waals surface area (Å²) in [5, 5.41) is 16.1. The molecule has 0 bridgehead atoms. The zero-order chi connectivity index (χ0) is 14.8. The molecule has 2 N–H and O–H groups in total. The van der Waals surface area contributed by atoms with Crippen LogP contribution in [0.4, 0.5) is 5.69 Å². The second-order valence-electron chi connectivity index (χ2n) is 5.94. The van der Waals surface area contributed by atoms with Gasteiger partial charge in [-0.3, -0.25) is 15.1 Å². The summed E-state index contributed by atoms with van der Waals surface area (Å²) in [5.74, 6) is 0.0967. The topological polar surface area (TPSA) is 55.8 Å². The highest BCUT2D eigenvalue weighted by Gasteiger charge is 2.44. The molecule has 5 heteroatoms. The van der Waals surface area contributed by atoms with Crippen molar-refractivity contribution in [1.82, 2.24) is 10.3 Å². The number of amides is 1. The Hall–Kier alpha value is -1.59. The predicted octanol–water partition coefficient (Wildman–Crippen LogP) is 1.20. The zero-order valence-electron chi connectivity index (χ0n) is 12.3. The number of aliphatic hydroxyl groups excluding tert-OH is 1. The number of benzene rings is 1. The van der Waals surface area contributed by atoms with Gasteiger partial charge in [-0.05, 0) is 32.9 Å². The van der Waals surface area contributed by atoms with Crippen molar-refractivity contribution in [2.75, 3.05) is 24.8 Å². The van der Waals surface area contributed by atoms with Crippen molar-refractivity contribution in [3.63, 3.8) is 0 Å². The number of carbonyl (C=O) groups excluding carboxylic acids is 1. The van der Waals surface area contributed by atoms with Gasteiger partial charge in [0.1, 0.15) is 0 Å². The molecule has 1 aromatic carbocycles. The van der Waals surface area contributed by atoms with Crippen molar-refractivity contribution in [3.8, 4) is 0 Å². The van der Waals surface area contributed by atoms with Crippen LogP contribution in [-0.2, 0) is 4.79 Å². The lowest BCUT2D eigenvalue weighted by atomic mass is 9.94. The van der Waals surface area contributed by atoms with Gasteiger partial charge in [0.05, 0.1) is 30.4 Å². The summed E-state index contributed by atoms with van der Waals surface area (Å²) in [5.41, 5.74) is 0.604. The quantitative estimate of drug-likeness (QED) is 0.849. The van der Waals surface area contributed by atoms with Crippen molar-refractivity contribution in [2.24, 2.45) is 5.41 Å². The molecular weight excluding hydrogens is 254 g/mol. The number of aliphatic hydroxyl groups is 1.